The third-order valence-electron chi connectivity index (χ3n) is 7.66. The Labute approximate surface area is 185 Å². The van der Waals surface area contributed by atoms with E-state index in [1.54, 1.807) is 10.4 Å². The van der Waals surface area contributed by atoms with Gasteiger partial charge in [-0.3, -0.25) is 0 Å². The monoisotopic (exact) mass is 416 g/mol. The van der Waals surface area contributed by atoms with Crippen molar-refractivity contribution < 1.29 is 0 Å². The minimum absolute atomic E-state index is 0.431. The van der Waals surface area contributed by atoms with Gasteiger partial charge in [-0.2, -0.15) is 0 Å². The maximum atomic E-state index is 2.58. The summed E-state index contributed by atoms with van der Waals surface area (Å²) in [7, 11) is -1.87. The van der Waals surface area contributed by atoms with Gasteiger partial charge in [-0.25, -0.2) is 0 Å². The first kappa shape index (κ1) is 18.8. The van der Waals surface area contributed by atoms with E-state index in [0.29, 0.717) is 11.8 Å². The Morgan fingerprint density at radius 1 is 0.839 bits per heavy atom. The highest BCUT2D eigenvalue weighted by atomic mass is 28.3. The van der Waals surface area contributed by atoms with Gasteiger partial charge in [-0.15, -0.1) is 0 Å². The molecule has 0 bridgehead atoms. The predicted molar refractivity (Wildman–Crippen MR) is 137 cm³/mol. The van der Waals surface area contributed by atoms with Crippen molar-refractivity contribution in [3.63, 3.8) is 0 Å². The number of hydrogen-bond acceptors (Lipinski definition) is 0. The first-order valence-electron chi connectivity index (χ1n) is 11.4. The van der Waals surface area contributed by atoms with Crippen LogP contribution in [0.4, 0.5) is 0 Å². The van der Waals surface area contributed by atoms with Gasteiger partial charge < -0.3 is 0 Å². The fourth-order valence-electron chi connectivity index (χ4n) is 6.57. The Morgan fingerprint density at radius 3 is 2.48 bits per heavy atom. The van der Waals surface area contributed by atoms with Crippen LogP contribution in [0.15, 0.2) is 83.6 Å². The molecule has 0 spiro atoms. The SMILES string of the molecule is CC1=C([Si](C)(C)C2=c3ccc4ccccc4c3=CC2C)C2C=Cc3ccccc3C2=C1. The molecule has 0 saturated carbocycles. The number of rotatable bonds is 2. The van der Waals surface area contributed by atoms with Crippen LogP contribution in [0, 0.1) is 11.8 Å². The molecule has 1 heteroatoms. The smallest absolute Gasteiger partial charge is 0.0727 e. The minimum atomic E-state index is -1.87. The summed E-state index contributed by atoms with van der Waals surface area (Å²) in [6.45, 7) is 9.92. The van der Waals surface area contributed by atoms with Crippen molar-refractivity contribution in [3.05, 3.63) is 105 Å². The van der Waals surface area contributed by atoms with E-state index >= 15 is 0 Å². The molecular weight excluding hydrogens is 388 g/mol. The molecule has 0 fully saturated rings. The third-order valence-corrected chi connectivity index (χ3v) is 11.8. The molecule has 6 rings (SSSR count). The van der Waals surface area contributed by atoms with Crippen LogP contribution in [-0.2, 0) is 0 Å². The van der Waals surface area contributed by atoms with Crippen LogP contribution in [0.3, 0.4) is 0 Å². The molecule has 3 aliphatic rings. The van der Waals surface area contributed by atoms with Crippen molar-refractivity contribution in [2.75, 3.05) is 0 Å². The summed E-state index contributed by atoms with van der Waals surface area (Å²) in [5, 5.41) is 9.09. The van der Waals surface area contributed by atoms with Crippen LogP contribution >= 0.6 is 0 Å². The average Bonchev–Trinajstić information content (AvgIpc) is 3.30. The van der Waals surface area contributed by atoms with E-state index in [0.717, 1.165) is 0 Å². The van der Waals surface area contributed by atoms with Crippen LogP contribution in [0.1, 0.15) is 25.0 Å². The zero-order valence-electron chi connectivity index (χ0n) is 18.7. The van der Waals surface area contributed by atoms with Crippen LogP contribution in [-0.4, -0.2) is 8.07 Å². The zero-order chi connectivity index (χ0) is 21.3. The highest BCUT2D eigenvalue weighted by molar-refractivity contribution is 6.99. The highest BCUT2D eigenvalue weighted by Gasteiger charge is 2.42. The molecule has 0 aliphatic heterocycles. The van der Waals surface area contributed by atoms with E-state index in [-0.39, 0.29) is 0 Å². The summed E-state index contributed by atoms with van der Waals surface area (Å²) >= 11 is 0. The Morgan fingerprint density at radius 2 is 1.61 bits per heavy atom. The van der Waals surface area contributed by atoms with Gasteiger partial charge in [0.15, 0.2) is 0 Å². The van der Waals surface area contributed by atoms with Gasteiger partial charge in [-0.1, -0.05) is 121 Å². The van der Waals surface area contributed by atoms with Gasteiger partial charge in [0, 0.05) is 5.92 Å². The molecule has 3 aromatic carbocycles. The number of hydrogen-bond donors (Lipinski definition) is 0. The van der Waals surface area contributed by atoms with E-state index in [1.807, 2.05) is 0 Å². The molecule has 0 aromatic heterocycles. The highest BCUT2D eigenvalue weighted by Crippen LogP contribution is 2.49. The summed E-state index contributed by atoms with van der Waals surface area (Å²) in [5.74, 6) is 0.924. The number of benzene rings is 3. The molecular formula is C30H28Si. The fraction of sp³-hybridized carbons (Fsp3) is 0.200. The molecule has 3 aromatic rings. The lowest BCUT2D eigenvalue weighted by atomic mass is 9.86. The molecule has 0 saturated heterocycles. The molecule has 0 N–H and O–H groups in total. The van der Waals surface area contributed by atoms with Crippen molar-refractivity contribution in [2.24, 2.45) is 11.8 Å². The fourth-order valence-corrected chi connectivity index (χ4v) is 11.1. The van der Waals surface area contributed by atoms with E-state index in [2.05, 4.69) is 112 Å². The van der Waals surface area contributed by atoms with Crippen LogP contribution in [0.2, 0.25) is 13.1 Å². The number of allylic oxidation sites excluding steroid dienone is 5. The van der Waals surface area contributed by atoms with Gasteiger partial charge in [0.1, 0.15) is 8.07 Å². The third kappa shape index (κ3) is 2.60. The van der Waals surface area contributed by atoms with Crippen molar-refractivity contribution in [1.29, 1.82) is 0 Å². The summed E-state index contributed by atoms with van der Waals surface area (Å²) in [4.78, 5) is 0. The van der Waals surface area contributed by atoms with E-state index in [1.165, 1.54) is 43.5 Å². The molecule has 152 valence electrons. The molecule has 0 nitrogen and oxygen atoms in total. The number of fused-ring (bicyclic) bond motifs is 6. The van der Waals surface area contributed by atoms with Crippen LogP contribution in [0.5, 0.6) is 0 Å². The Hall–Kier alpha value is -2.90. The first-order valence-corrected chi connectivity index (χ1v) is 14.4. The van der Waals surface area contributed by atoms with E-state index in [4.69, 9.17) is 0 Å². The van der Waals surface area contributed by atoms with Crippen LogP contribution < -0.4 is 10.4 Å². The second-order valence-electron chi connectivity index (χ2n) is 9.86. The molecule has 3 aliphatic carbocycles. The van der Waals surface area contributed by atoms with E-state index < -0.39 is 8.07 Å². The Bertz CT molecular complexity index is 1480. The van der Waals surface area contributed by atoms with Crippen molar-refractivity contribution >= 4 is 41.8 Å². The second kappa shape index (κ2) is 6.55. The lowest BCUT2D eigenvalue weighted by molar-refractivity contribution is 1.03. The zero-order valence-corrected chi connectivity index (χ0v) is 19.7. The molecule has 2 unspecified atom stereocenters. The average molecular weight is 417 g/mol. The van der Waals surface area contributed by atoms with Gasteiger partial charge >= 0.3 is 0 Å². The topological polar surface area (TPSA) is 0 Å². The maximum Gasteiger partial charge on any atom is 0.106 e. The van der Waals surface area contributed by atoms with Crippen molar-refractivity contribution in [1.82, 2.24) is 0 Å². The molecule has 0 heterocycles. The maximum absolute atomic E-state index is 2.58. The van der Waals surface area contributed by atoms with Crippen molar-refractivity contribution in [3.8, 4) is 0 Å². The summed E-state index contributed by atoms with van der Waals surface area (Å²) in [5.41, 5.74) is 5.76. The Balaban J connectivity index is 1.55. The standard InChI is InChI=1S/C30H28Si/c1-19-17-27-23-11-7-5-9-21(23)13-15-25(27)29(19)31(3,4)30-20(2)18-28-24-12-8-6-10-22(24)14-16-26(28)30/h5-19,26H,1-4H3. The molecule has 0 radical (unpaired) electrons. The lowest BCUT2D eigenvalue weighted by Crippen LogP contribution is -2.41. The lowest BCUT2D eigenvalue weighted by Gasteiger charge is -2.35. The summed E-state index contributed by atoms with van der Waals surface area (Å²) in [6.07, 6.45) is 9.80. The molecule has 2 atom stereocenters. The second-order valence-corrected chi connectivity index (χ2v) is 14.2. The summed E-state index contributed by atoms with van der Waals surface area (Å²) in [6, 6.07) is 22.4. The van der Waals surface area contributed by atoms with Gasteiger partial charge in [0.25, 0.3) is 0 Å². The predicted octanol–water partition coefficient (Wildman–Crippen LogP) is 6.26. The summed E-state index contributed by atoms with van der Waals surface area (Å²) < 4.78 is 0. The van der Waals surface area contributed by atoms with Crippen LogP contribution in [0.25, 0.3) is 33.7 Å². The van der Waals surface area contributed by atoms with Gasteiger partial charge in [0.05, 0.1) is 0 Å². The molecule has 0 amide bonds. The first-order chi connectivity index (χ1) is 15.0. The molecule has 31 heavy (non-hydrogen) atoms. The van der Waals surface area contributed by atoms with Crippen molar-refractivity contribution in [2.45, 2.75) is 26.9 Å². The largest absolute Gasteiger partial charge is 0.106 e. The van der Waals surface area contributed by atoms with Gasteiger partial charge in [-0.05, 0) is 50.8 Å². The van der Waals surface area contributed by atoms with Gasteiger partial charge in [0.2, 0.25) is 0 Å². The normalized spacial score (nSPS) is 21.7. The minimum Gasteiger partial charge on any atom is -0.0727 e. The van der Waals surface area contributed by atoms with E-state index in [9.17, 15) is 0 Å². The Kier molecular flexibility index (Phi) is 3.98. The quantitative estimate of drug-likeness (QED) is 0.432.